The molecule has 1 saturated heterocycles. The summed E-state index contributed by atoms with van der Waals surface area (Å²) in [6.07, 6.45) is 1.69. The molecule has 1 amide bonds. The topological polar surface area (TPSA) is 176 Å². The first-order chi connectivity index (χ1) is 15.6. The van der Waals surface area contributed by atoms with E-state index in [0.29, 0.717) is 12.0 Å². The van der Waals surface area contributed by atoms with Crippen LogP contribution in [0.15, 0.2) is 23.0 Å². The summed E-state index contributed by atoms with van der Waals surface area (Å²) in [7, 11) is 0. The van der Waals surface area contributed by atoms with Crippen LogP contribution in [0, 0.1) is 23.6 Å². The minimum atomic E-state index is -1.40. The number of nitrogens with two attached hydrogens (primary N) is 2. The van der Waals surface area contributed by atoms with Gasteiger partial charge in [0.1, 0.15) is 28.7 Å². The van der Waals surface area contributed by atoms with Gasteiger partial charge in [-0.15, -0.1) is 0 Å². The Labute approximate surface area is 187 Å². The Hall–Kier alpha value is -3.24. The molecule has 1 heterocycles. The first-order valence-electron chi connectivity index (χ1n) is 10.9. The predicted molar refractivity (Wildman–Crippen MR) is 113 cm³/mol. The lowest BCUT2D eigenvalue weighted by molar-refractivity contribution is -0.135. The molecule has 33 heavy (non-hydrogen) atoms. The fraction of sp³-hybridized carbons (Fsp3) is 0.435. The minimum absolute atomic E-state index is 0.0116. The van der Waals surface area contributed by atoms with Crippen LogP contribution in [-0.4, -0.2) is 45.4 Å². The van der Waals surface area contributed by atoms with E-state index in [4.69, 9.17) is 11.5 Å². The molecule has 8 N–H and O–H groups in total. The van der Waals surface area contributed by atoms with Crippen molar-refractivity contribution in [3.63, 3.8) is 0 Å². The van der Waals surface area contributed by atoms with Gasteiger partial charge in [0, 0.05) is 22.7 Å². The molecule has 1 aromatic carbocycles. The van der Waals surface area contributed by atoms with Gasteiger partial charge in [0.15, 0.2) is 11.6 Å². The number of nitrogens with one attached hydrogen (secondary N) is 1. The number of Topliss-reactive ketones (excluding diaryl/α,β-unsaturated/α-hetero) is 2. The molecule has 0 spiro atoms. The molecule has 1 unspecified atom stereocenters. The third kappa shape index (κ3) is 2.94. The number of carbonyl (C=O) groups excluding carboxylic acids is 3. The number of fused-ring (bicyclic) bond motifs is 3. The monoisotopic (exact) mass is 457 g/mol. The number of primary amides is 1. The van der Waals surface area contributed by atoms with Crippen molar-refractivity contribution in [3.8, 4) is 5.75 Å². The summed E-state index contributed by atoms with van der Waals surface area (Å²) in [5, 5.41) is 35.1. The molecule has 0 bridgehead atoms. The maximum atomic E-state index is 15.5. The van der Waals surface area contributed by atoms with Gasteiger partial charge in [-0.05, 0) is 50.1 Å². The molecule has 5 rings (SSSR count). The number of hydrogen-bond acceptors (Lipinski definition) is 8. The Morgan fingerprint density at radius 2 is 1.91 bits per heavy atom. The summed E-state index contributed by atoms with van der Waals surface area (Å²) in [5.41, 5.74) is 10.7. The minimum Gasteiger partial charge on any atom is -0.510 e. The molecule has 0 radical (unpaired) electrons. The van der Waals surface area contributed by atoms with E-state index in [9.17, 15) is 29.7 Å². The van der Waals surface area contributed by atoms with Crippen molar-refractivity contribution in [2.45, 2.75) is 37.8 Å². The smallest absolute Gasteiger partial charge is 0.255 e. The van der Waals surface area contributed by atoms with Crippen LogP contribution in [0.2, 0.25) is 0 Å². The number of amides is 1. The Bertz CT molecular complexity index is 1180. The quantitative estimate of drug-likeness (QED) is 0.279. The number of benzene rings is 1. The molecular formula is C23H24FN3O6. The van der Waals surface area contributed by atoms with E-state index in [1.54, 1.807) is 0 Å². The third-order valence-corrected chi connectivity index (χ3v) is 7.50. The van der Waals surface area contributed by atoms with Gasteiger partial charge >= 0.3 is 0 Å². The van der Waals surface area contributed by atoms with Gasteiger partial charge in [-0.25, -0.2) is 4.39 Å². The number of rotatable bonds is 2. The molecule has 9 nitrogen and oxygen atoms in total. The number of halogens is 1. The molecule has 1 saturated carbocycles. The lowest BCUT2D eigenvalue weighted by Crippen LogP contribution is -2.54. The van der Waals surface area contributed by atoms with Crippen molar-refractivity contribution in [1.29, 1.82) is 0 Å². The van der Waals surface area contributed by atoms with E-state index >= 15 is 4.39 Å². The van der Waals surface area contributed by atoms with Gasteiger partial charge in [-0.2, -0.15) is 0 Å². The number of aromatic hydroxyl groups is 1. The zero-order valence-corrected chi connectivity index (χ0v) is 17.6. The van der Waals surface area contributed by atoms with Gasteiger partial charge in [0.25, 0.3) is 5.91 Å². The predicted octanol–water partition coefficient (Wildman–Crippen LogP) is 0.810. The zero-order chi connectivity index (χ0) is 23.8. The summed E-state index contributed by atoms with van der Waals surface area (Å²) in [6, 6.07) is -0.181. The molecule has 3 aliphatic carbocycles. The highest BCUT2D eigenvalue weighted by Crippen LogP contribution is 2.50. The van der Waals surface area contributed by atoms with Crippen molar-refractivity contribution in [3.05, 3.63) is 45.5 Å². The second-order valence-electron chi connectivity index (χ2n) is 9.22. The van der Waals surface area contributed by atoms with E-state index in [1.807, 2.05) is 0 Å². The summed E-state index contributed by atoms with van der Waals surface area (Å²) in [6.45, 7) is 0.730. The average Bonchev–Trinajstić information content (AvgIpc) is 3.28. The second-order valence-corrected chi connectivity index (χ2v) is 9.22. The number of phenolic OH excluding ortho intramolecular Hbond substituents is 1. The number of ketones is 2. The van der Waals surface area contributed by atoms with Crippen molar-refractivity contribution in [2.75, 3.05) is 6.54 Å². The SMILES string of the molecule is NC(=O)C1=C(O)[C@@H](N)[C@@H]2C[C@@H]3Cc4c(F)c(C5CCCN5)cc(O)c4C(O)=C3C(=O)[C@@H]2C1=O. The van der Waals surface area contributed by atoms with Gasteiger partial charge in [-0.3, -0.25) is 14.4 Å². The van der Waals surface area contributed by atoms with Crippen molar-refractivity contribution >= 4 is 23.2 Å². The highest BCUT2D eigenvalue weighted by atomic mass is 19.1. The van der Waals surface area contributed by atoms with Crippen molar-refractivity contribution < 1.29 is 34.1 Å². The summed E-state index contributed by atoms with van der Waals surface area (Å²) in [4.78, 5) is 38.0. The standard InChI is InChI=1S/C23H24FN3O6/c24-17-8(11-2-1-3-27-11)6-12(28)14-9(17)4-7-5-10-15(20(30)13(7)19(14)29)21(31)16(23(26)33)22(32)18(10)25/h6-7,10-11,15,18,27-29,32H,1-5,25H2,(H2,26,33)/t7-,10+,11?,15+,18-/m0/s1. The Kier molecular flexibility index (Phi) is 4.84. The number of carbonyl (C=O) groups is 3. The van der Waals surface area contributed by atoms with Gasteiger partial charge in [-0.1, -0.05) is 0 Å². The van der Waals surface area contributed by atoms with E-state index in [2.05, 4.69) is 5.32 Å². The van der Waals surface area contributed by atoms with E-state index < -0.39 is 64.2 Å². The van der Waals surface area contributed by atoms with Crippen molar-refractivity contribution in [2.24, 2.45) is 29.2 Å². The highest BCUT2D eigenvalue weighted by molar-refractivity contribution is 6.28. The summed E-state index contributed by atoms with van der Waals surface area (Å²) in [5.74, 6) is -7.95. The molecule has 2 fully saturated rings. The number of phenols is 1. The van der Waals surface area contributed by atoms with Crippen LogP contribution in [0.3, 0.4) is 0 Å². The number of aliphatic hydroxyl groups is 2. The Morgan fingerprint density at radius 1 is 1.18 bits per heavy atom. The first-order valence-corrected chi connectivity index (χ1v) is 10.9. The van der Waals surface area contributed by atoms with E-state index in [0.717, 1.165) is 13.0 Å². The van der Waals surface area contributed by atoms with E-state index in [-0.39, 0.29) is 41.3 Å². The van der Waals surface area contributed by atoms with E-state index in [1.165, 1.54) is 6.07 Å². The third-order valence-electron chi connectivity index (χ3n) is 7.50. The van der Waals surface area contributed by atoms with Gasteiger partial charge in [0.2, 0.25) is 0 Å². The lowest BCUT2D eigenvalue weighted by atomic mass is 9.60. The number of allylic oxidation sites excluding steroid dienone is 1. The van der Waals surface area contributed by atoms with Gasteiger partial charge in [0.05, 0.1) is 17.5 Å². The maximum Gasteiger partial charge on any atom is 0.255 e. The average molecular weight is 457 g/mol. The van der Waals surface area contributed by atoms with Crippen molar-refractivity contribution in [1.82, 2.24) is 5.32 Å². The van der Waals surface area contributed by atoms with Gasteiger partial charge < -0.3 is 32.1 Å². The van der Waals surface area contributed by atoms with Crippen LogP contribution in [0.25, 0.3) is 5.76 Å². The zero-order valence-electron chi connectivity index (χ0n) is 17.6. The Balaban J connectivity index is 1.63. The largest absolute Gasteiger partial charge is 0.510 e. The second kappa shape index (κ2) is 7.39. The number of aliphatic hydroxyl groups excluding tert-OH is 2. The van der Waals surface area contributed by atoms with Crippen LogP contribution in [0.5, 0.6) is 5.75 Å². The molecule has 1 aromatic rings. The molecule has 1 aliphatic heterocycles. The molecule has 10 heteroatoms. The number of hydrogen-bond donors (Lipinski definition) is 6. The normalized spacial score (nSPS) is 31.4. The van der Waals surface area contributed by atoms with Crippen LogP contribution in [-0.2, 0) is 20.8 Å². The first kappa shape index (κ1) is 21.6. The summed E-state index contributed by atoms with van der Waals surface area (Å²) < 4.78 is 15.5. The lowest BCUT2D eigenvalue weighted by Gasteiger charge is -2.43. The fourth-order valence-corrected chi connectivity index (χ4v) is 5.97. The fourth-order valence-electron chi connectivity index (χ4n) is 5.97. The van der Waals surface area contributed by atoms with Crippen LogP contribution in [0.4, 0.5) is 4.39 Å². The molecule has 5 atom stereocenters. The molecule has 0 aromatic heterocycles. The van der Waals surface area contributed by atoms with Crippen LogP contribution >= 0.6 is 0 Å². The molecular weight excluding hydrogens is 433 g/mol. The van der Waals surface area contributed by atoms with Crippen LogP contribution in [0.1, 0.15) is 42.0 Å². The highest BCUT2D eigenvalue weighted by Gasteiger charge is 2.54. The van der Waals surface area contributed by atoms with Crippen LogP contribution < -0.4 is 16.8 Å². The molecule has 174 valence electrons. The summed E-state index contributed by atoms with van der Waals surface area (Å²) >= 11 is 0. The Morgan fingerprint density at radius 3 is 2.55 bits per heavy atom. The molecule has 4 aliphatic rings. The maximum absolute atomic E-state index is 15.5.